The number of amides is 1. The Balaban J connectivity index is 1.85. The summed E-state index contributed by atoms with van der Waals surface area (Å²) in [6.45, 7) is 5.24. The van der Waals surface area contributed by atoms with Crippen molar-refractivity contribution in [2.24, 2.45) is 0 Å². The summed E-state index contributed by atoms with van der Waals surface area (Å²) in [5.74, 6) is -1.07. The van der Waals surface area contributed by atoms with E-state index in [9.17, 15) is 14.7 Å². The van der Waals surface area contributed by atoms with Crippen molar-refractivity contribution >= 4 is 23.0 Å². The van der Waals surface area contributed by atoms with Crippen molar-refractivity contribution in [3.8, 4) is 0 Å². The van der Waals surface area contributed by atoms with E-state index in [-0.39, 0.29) is 6.42 Å². The highest BCUT2D eigenvalue weighted by Gasteiger charge is 2.26. The average Bonchev–Trinajstić information content (AvgIpc) is 3.20. The minimum absolute atomic E-state index is 0.217. The number of aliphatic carboxylic acids is 1. The monoisotopic (exact) mass is 372 g/mol. The lowest BCUT2D eigenvalue weighted by molar-refractivity contribution is -0.139. The van der Waals surface area contributed by atoms with Crippen molar-refractivity contribution in [1.29, 1.82) is 0 Å². The van der Waals surface area contributed by atoms with E-state index in [0.717, 1.165) is 29.3 Å². The molecule has 1 saturated carbocycles. The van der Waals surface area contributed by atoms with Gasteiger partial charge in [-0.15, -0.1) is 0 Å². The van der Waals surface area contributed by atoms with E-state index in [4.69, 9.17) is 4.74 Å². The van der Waals surface area contributed by atoms with Gasteiger partial charge in [-0.05, 0) is 45.2 Å². The van der Waals surface area contributed by atoms with Gasteiger partial charge in [0.15, 0.2) is 0 Å². The van der Waals surface area contributed by atoms with Crippen LogP contribution >= 0.6 is 0 Å². The molecule has 146 valence electrons. The van der Waals surface area contributed by atoms with E-state index >= 15 is 0 Å². The maximum absolute atomic E-state index is 12.0. The molecule has 2 N–H and O–H groups in total. The number of alkyl carbamates (subject to hydrolysis) is 1. The van der Waals surface area contributed by atoms with Gasteiger partial charge in [-0.3, -0.25) is 0 Å². The molecular formula is C21H28N2O4. The number of carbonyl (C=O) groups excluding carboxylic acids is 1. The molecule has 0 radical (unpaired) electrons. The van der Waals surface area contributed by atoms with E-state index < -0.39 is 23.7 Å². The van der Waals surface area contributed by atoms with Crippen LogP contribution in [0.5, 0.6) is 0 Å². The highest BCUT2D eigenvalue weighted by molar-refractivity contribution is 5.86. The number of hydrogen-bond acceptors (Lipinski definition) is 3. The van der Waals surface area contributed by atoms with Crippen LogP contribution in [-0.2, 0) is 16.0 Å². The molecule has 2 aromatic rings. The number of fused-ring (bicyclic) bond motifs is 1. The number of carboxylic acid groups (broad SMARTS) is 1. The lowest BCUT2D eigenvalue weighted by atomic mass is 10.1. The Labute approximate surface area is 159 Å². The zero-order valence-corrected chi connectivity index (χ0v) is 16.2. The quantitative estimate of drug-likeness (QED) is 0.821. The van der Waals surface area contributed by atoms with Crippen molar-refractivity contribution in [1.82, 2.24) is 9.88 Å². The van der Waals surface area contributed by atoms with Gasteiger partial charge in [-0.2, -0.15) is 0 Å². The van der Waals surface area contributed by atoms with Gasteiger partial charge >= 0.3 is 12.1 Å². The number of carboxylic acids is 1. The Hall–Kier alpha value is -2.50. The van der Waals surface area contributed by atoms with Gasteiger partial charge in [0.05, 0.1) is 0 Å². The third-order valence-corrected chi connectivity index (χ3v) is 4.95. The molecule has 0 saturated heterocycles. The van der Waals surface area contributed by atoms with Crippen molar-refractivity contribution < 1.29 is 19.4 Å². The summed E-state index contributed by atoms with van der Waals surface area (Å²) in [7, 11) is 0. The molecule has 6 nitrogen and oxygen atoms in total. The van der Waals surface area contributed by atoms with Crippen molar-refractivity contribution in [3.05, 3.63) is 36.0 Å². The first kappa shape index (κ1) is 19.3. The fourth-order valence-electron chi connectivity index (χ4n) is 3.79. The summed E-state index contributed by atoms with van der Waals surface area (Å²) in [4.78, 5) is 23.8. The Bertz CT molecular complexity index is 828. The highest BCUT2D eigenvalue weighted by Crippen LogP contribution is 2.34. The third kappa shape index (κ3) is 4.62. The molecule has 0 spiro atoms. The minimum Gasteiger partial charge on any atom is -0.480 e. The van der Waals surface area contributed by atoms with Gasteiger partial charge in [0.25, 0.3) is 0 Å². The maximum Gasteiger partial charge on any atom is 0.408 e. The number of ether oxygens (including phenoxy) is 1. The molecule has 0 aliphatic heterocycles. The predicted octanol–water partition coefficient (Wildman–Crippen LogP) is 4.28. The topological polar surface area (TPSA) is 80.6 Å². The summed E-state index contributed by atoms with van der Waals surface area (Å²) in [6, 6.07) is 7.48. The molecule has 1 aromatic carbocycles. The van der Waals surface area contributed by atoms with Gasteiger partial charge in [0.2, 0.25) is 0 Å². The highest BCUT2D eigenvalue weighted by atomic mass is 16.6. The van der Waals surface area contributed by atoms with Crippen molar-refractivity contribution in [3.63, 3.8) is 0 Å². The van der Waals surface area contributed by atoms with Crippen LogP contribution in [0.25, 0.3) is 10.9 Å². The smallest absolute Gasteiger partial charge is 0.408 e. The second-order valence-electron chi connectivity index (χ2n) is 8.26. The van der Waals surface area contributed by atoms with Crippen LogP contribution in [0.15, 0.2) is 30.5 Å². The van der Waals surface area contributed by atoms with Gasteiger partial charge in [0.1, 0.15) is 11.6 Å². The summed E-state index contributed by atoms with van der Waals surface area (Å²) in [6.07, 6.45) is 6.32. The summed E-state index contributed by atoms with van der Waals surface area (Å²) in [5, 5.41) is 13.1. The number of rotatable bonds is 5. The predicted molar refractivity (Wildman–Crippen MR) is 104 cm³/mol. The number of hydrogen-bond donors (Lipinski definition) is 2. The van der Waals surface area contributed by atoms with E-state index in [1.54, 1.807) is 20.8 Å². The summed E-state index contributed by atoms with van der Waals surface area (Å²) < 4.78 is 7.49. The molecule has 6 heteroatoms. The molecular weight excluding hydrogens is 344 g/mol. The van der Waals surface area contributed by atoms with Crippen LogP contribution in [0.1, 0.15) is 58.1 Å². The zero-order chi connectivity index (χ0) is 19.6. The SMILES string of the molecule is CC(C)(C)OC(=O)NC(Cc1cn(C2CCCC2)c2ccccc12)C(=O)O. The van der Waals surface area contributed by atoms with Crippen LogP contribution in [0.4, 0.5) is 4.79 Å². The molecule has 27 heavy (non-hydrogen) atoms. The first-order chi connectivity index (χ1) is 12.7. The molecule has 1 aromatic heterocycles. The summed E-state index contributed by atoms with van der Waals surface area (Å²) >= 11 is 0. The lowest BCUT2D eigenvalue weighted by Crippen LogP contribution is -2.44. The van der Waals surface area contributed by atoms with Crippen LogP contribution in [0.2, 0.25) is 0 Å². The Kier molecular flexibility index (Phi) is 5.44. The second kappa shape index (κ2) is 7.62. The first-order valence-corrected chi connectivity index (χ1v) is 9.55. The minimum atomic E-state index is -1.07. The molecule has 1 amide bonds. The van der Waals surface area contributed by atoms with Crippen LogP contribution in [0.3, 0.4) is 0 Å². The Morgan fingerprint density at radius 3 is 2.56 bits per heavy atom. The van der Waals surface area contributed by atoms with Crippen LogP contribution in [0, 0.1) is 0 Å². The van der Waals surface area contributed by atoms with Crippen molar-refractivity contribution in [2.75, 3.05) is 0 Å². The van der Waals surface area contributed by atoms with Crippen molar-refractivity contribution in [2.45, 2.75) is 70.6 Å². The summed E-state index contributed by atoms with van der Waals surface area (Å²) in [5.41, 5.74) is 1.38. The molecule has 1 fully saturated rings. The van der Waals surface area contributed by atoms with Gasteiger partial charge < -0.3 is 19.7 Å². The largest absolute Gasteiger partial charge is 0.480 e. The third-order valence-electron chi connectivity index (χ3n) is 4.95. The zero-order valence-electron chi connectivity index (χ0n) is 16.2. The average molecular weight is 372 g/mol. The van der Waals surface area contributed by atoms with Crippen LogP contribution in [-0.4, -0.2) is 33.4 Å². The molecule has 1 heterocycles. The molecule has 1 aliphatic rings. The molecule has 3 rings (SSSR count). The number of nitrogens with one attached hydrogen (secondary N) is 1. The normalized spacial score (nSPS) is 16.4. The maximum atomic E-state index is 12.0. The number of benzene rings is 1. The molecule has 1 atom stereocenters. The van der Waals surface area contributed by atoms with E-state index in [1.807, 2.05) is 18.2 Å². The van der Waals surface area contributed by atoms with Gasteiger partial charge in [0, 0.05) is 29.6 Å². The number of aromatic nitrogens is 1. The van der Waals surface area contributed by atoms with E-state index in [0.29, 0.717) is 6.04 Å². The Morgan fingerprint density at radius 2 is 1.93 bits per heavy atom. The standard InChI is InChI=1S/C21H28N2O4/c1-21(2,3)27-20(26)22-17(19(24)25)12-14-13-23(15-8-4-5-9-15)18-11-7-6-10-16(14)18/h6-7,10-11,13,15,17H,4-5,8-9,12H2,1-3H3,(H,22,26)(H,24,25). The first-order valence-electron chi connectivity index (χ1n) is 9.55. The fourth-order valence-corrected chi connectivity index (χ4v) is 3.79. The van der Waals surface area contributed by atoms with E-state index in [1.165, 1.54) is 12.8 Å². The fraction of sp³-hybridized carbons (Fsp3) is 0.524. The Morgan fingerprint density at radius 1 is 1.26 bits per heavy atom. The van der Waals surface area contributed by atoms with Crippen LogP contribution < -0.4 is 5.32 Å². The lowest BCUT2D eigenvalue weighted by Gasteiger charge is -2.22. The number of nitrogens with zero attached hydrogens (tertiary/aromatic N) is 1. The van der Waals surface area contributed by atoms with Gasteiger partial charge in [-0.1, -0.05) is 31.0 Å². The molecule has 1 aliphatic carbocycles. The number of carbonyl (C=O) groups is 2. The van der Waals surface area contributed by atoms with E-state index in [2.05, 4.69) is 22.1 Å². The molecule has 1 unspecified atom stereocenters. The second-order valence-corrected chi connectivity index (χ2v) is 8.26. The molecule has 0 bridgehead atoms. The van der Waals surface area contributed by atoms with Gasteiger partial charge in [-0.25, -0.2) is 9.59 Å². The number of para-hydroxylation sites is 1.